The molecule has 0 radical (unpaired) electrons. The lowest BCUT2D eigenvalue weighted by Crippen LogP contribution is -2.48. The third kappa shape index (κ3) is 13.5. The van der Waals surface area contributed by atoms with E-state index in [0.29, 0.717) is 32.8 Å². The molecule has 7 heteroatoms. The van der Waals surface area contributed by atoms with E-state index in [-0.39, 0.29) is 5.75 Å². The first-order valence-electron chi connectivity index (χ1n) is 8.17. The highest BCUT2D eigenvalue weighted by molar-refractivity contribution is 7.85. The average molecular weight is 339 g/mol. The molecule has 22 heavy (non-hydrogen) atoms. The first-order valence-corrected chi connectivity index (χ1v) is 9.74. The van der Waals surface area contributed by atoms with E-state index in [1.807, 2.05) is 0 Å². The minimum atomic E-state index is -4.12. The Kier molecular flexibility index (Phi) is 12.1. The second-order valence-electron chi connectivity index (χ2n) is 6.07. The van der Waals surface area contributed by atoms with Gasteiger partial charge in [0.25, 0.3) is 0 Å². The molecule has 0 fully saturated rings. The van der Waals surface area contributed by atoms with Gasteiger partial charge in [-0.3, -0.25) is 0 Å². The van der Waals surface area contributed by atoms with E-state index in [1.165, 1.54) is 19.3 Å². The van der Waals surface area contributed by atoms with Crippen molar-refractivity contribution in [1.82, 2.24) is 0 Å². The van der Waals surface area contributed by atoms with Gasteiger partial charge in [-0.15, -0.1) is 0 Å². The molecule has 0 aliphatic rings. The topological polar surface area (TPSA) is 75.7 Å². The molecule has 0 saturated heterocycles. The van der Waals surface area contributed by atoms with Crippen molar-refractivity contribution in [2.75, 3.05) is 59.4 Å². The Morgan fingerprint density at radius 1 is 0.955 bits per heavy atom. The molecule has 134 valence electrons. The van der Waals surface area contributed by atoms with Crippen molar-refractivity contribution < 1.29 is 26.9 Å². The summed E-state index contributed by atoms with van der Waals surface area (Å²) >= 11 is 0. The molecule has 0 aromatic rings. The van der Waals surface area contributed by atoms with Gasteiger partial charge < -0.3 is 18.5 Å². The number of likely N-dealkylation sites (N-methyl/N-ethyl adjacent to an activating group) is 1. The Morgan fingerprint density at radius 2 is 1.64 bits per heavy atom. The molecule has 0 bridgehead atoms. The van der Waals surface area contributed by atoms with Crippen LogP contribution in [0.15, 0.2) is 0 Å². The van der Waals surface area contributed by atoms with Gasteiger partial charge in [-0.2, -0.15) is 0 Å². The van der Waals surface area contributed by atoms with Crippen LogP contribution in [-0.4, -0.2) is 76.8 Å². The molecule has 0 aromatic carbocycles. The van der Waals surface area contributed by atoms with Crippen LogP contribution in [0.2, 0.25) is 0 Å². The van der Waals surface area contributed by atoms with Gasteiger partial charge in [0.2, 0.25) is 0 Å². The standard InChI is InChI=1S/C15H33NO5S/c1-4-5-6-7-9-16(2,10-8-15-22(17,18)19)11-12-21-14-13-20-3/h4-15H2,1-3H3. The fraction of sp³-hybridized carbons (Fsp3) is 1.00. The second kappa shape index (κ2) is 12.2. The van der Waals surface area contributed by atoms with Gasteiger partial charge in [-0.1, -0.05) is 19.8 Å². The Bertz CT molecular complexity index is 361. The first-order chi connectivity index (χ1) is 10.3. The summed E-state index contributed by atoms with van der Waals surface area (Å²) < 4.78 is 43.5. The zero-order valence-electron chi connectivity index (χ0n) is 14.4. The van der Waals surface area contributed by atoms with Crippen molar-refractivity contribution in [2.45, 2.75) is 39.0 Å². The molecule has 0 spiro atoms. The molecule has 0 amide bonds. The maximum atomic E-state index is 10.7. The van der Waals surface area contributed by atoms with E-state index in [9.17, 15) is 13.0 Å². The van der Waals surface area contributed by atoms with Crippen molar-refractivity contribution >= 4 is 10.1 Å². The molecule has 0 heterocycles. The minimum Gasteiger partial charge on any atom is -0.748 e. The largest absolute Gasteiger partial charge is 0.748 e. The van der Waals surface area contributed by atoms with Crippen LogP contribution in [0.1, 0.15) is 39.0 Å². The molecule has 0 saturated carbocycles. The van der Waals surface area contributed by atoms with E-state index < -0.39 is 10.1 Å². The molecular formula is C15H33NO5S. The van der Waals surface area contributed by atoms with E-state index in [4.69, 9.17) is 9.47 Å². The van der Waals surface area contributed by atoms with Crippen molar-refractivity contribution in [3.8, 4) is 0 Å². The molecule has 0 aliphatic heterocycles. The number of nitrogens with zero attached hydrogens (tertiary/aromatic N) is 1. The number of hydrogen-bond donors (Lipinski definition) is 0. The van der Waals surface area contributed by atoms with Gasteiger partial charge in [0, 0.05) is 19.3 Å². The van der Waals surface area contributed by atoms with Crippen LogP contribution in [-0.2, 0) is 19.6 Å². The molecular weight excluding hydrogens is 306 g/mol. The summed E-state index contributed by atoms with van der Waals surface area (Å²) in [6.45, 7) is 6.47. The van der Waals surface area contributed by atoms with Gasteiger partial charge >= 0.3 is 0 Å². The zero-order valence-corrected chi connectivity index (χ0v) is 15.2. The summed E-state index contributed by atoms with van der Waals surface area (Å²) in [6.07, 6.45) is 5.13. The van der Waals surface area contributed by atoms with Crippen LogP contribution in [0.4, 0.5) is 0 Å². The highest BCUT2D eigenvalue weighted by Gasteiger charge is 2.21. The molecule has 0 aliphatic carbocycles. The summed E-state index contributed by atoms with van der Waals surface area (Å²) in [5, 5.41) is 0. The Hall–Kier alpha value is -0.210. The number of ether oxygens (including phenoxy) is 2. The third-order valence-electron chi connectivity index (χ3n) is 3.85. The maximum absolute atomic E-state index is 10.7. The smallest absolute Gasteiger partial charge is 0.102 e. The molecule has 0 rings (SSSR count). The number of quaternary nitrogens is 1. The number of rotatable bonds is 15. The van der Waals surface area contributed by atoms with Crippen LogP contribution in [0, 0.1) is 0 Å². The lowest BCUT2D eigenvalue weighted by molar-refractivity contribution is -0.910. The van der Waals surface area contributed by atoms with Crippen molar-refractivity contribution in [2.24, 2.45) is 0 Å². The SMILES string of the molecule is CCCCCC[N+](C)(CCCS(=O)(=O)[O-])CCOCCOC. The summed E-state index contributed by atoms with van der Waals surface area (Å²) in [7, 11) is -0.362. The Morgan fingerprint density at radius 3 is 2.23 bits per heavy atom. The average Bonchev–Trinajstić information content (AvgIpc) is 2.42. The van der Waals surface area contributed by atoms with Crippen LogP contribution < -0.4 is 0 Å². The van der Waals surface area contributed by atoms with Crippen LogP contribution in [0.3, 0.4) is 0 Å². The monoisotopic (exact) mass is 339 g/mol. The fourth-order valence-electron chi connectivity index (χ4n) is 2.41. The van der Waals surface area contributed by atoms with Gasteiger partial charge in [0.15, 0.2) is 0 Å². The third-order valence-corrected chi connectivity index (χ3v) is 4.64. The van der Waals surface area contributed by atoms with Gasteiger partial charge in [-0.05, 0) is 12.8 Å². The van der Waals surface area contributed by atoms with Gasteiger partial charge in [-0.25, -0.2) is 8.42 Å². The fourth-order valence-corrected chi connectivity index (χ4v) is 2.89. The molecule has 0 N–H and O–H groups in total. The van der Waals surface area contributed by atoms with Crippen LogP contribution in [0.25, 0.3) is 0 Å². The van der Waals surface area contributed by atoms with Crippen molar-refractivity contribution in [3.63, 3.8) is 0 Å². The summed E-state index contributed by atoms with van der Waals surface area (Å²) in [4.78, 5) is 0. The molecule has 6 nitrogen and oxygen atoms in total. The minimum absolute atomic E-state index is 0.277. The Labute approximate surface area is 136 Å². The van der Waals surface area contributed by atoms with Crippen LogP contribution >= 0.6 is 0 Å². The lowest BCUT2D eigenvalue weighted by atomic mass is 10.2. The summed E-state index contributed by atoms with van der Waals surface area (Å²) in [6, 6.07) is 0. The van der Waals surface area contributed by atoms with E-state index in [0.717, 1.165) is 24.0 Å². The maximum Gasteiger partial charge on any atom is 0.102 e. The zero-order chi connectivity index (χ0) is 16.9. The predicted molar refractivity (Wildman–Crippen MR) is 86.8 cm³/mol. The number of hydrogen-bond acceptors (Lipinski definition) is 5. The lowest BCUT2D eigenvalue weighted by Gasteiger charge is -2.35. The number of methoxy groups -OCH3 is 1. The van der Waals surface area contributed by atoms with E-state index in [1.54, 1.807) is 7.11 Å². The predicted octanol–water partition coefficient (Wildman–Crippen LogP) is 1.61. The second-order valence-corrected chi connectivity index (χ2v) is 7.60. The molecule has 1 atom stereocenters. The highest BCUT2D eigenvalue weighted by atomic mass is 32.2. The van der Waals surface area contributed by atoms with Crippen molar-refractivity contribution in [3.05, 3.63) is 0 Å². The van der Waals surface area contributed by atoms with E-state index in [2.05, 4.69) is 14.0 Å². The van der Waals surface area contributed by atoms with Gasteiger partial charge in [0.05, 0.1) is 50.1 Å². The van der Waals surface area contributed by atoms with E-state index >= 15 is 0 Å². The quantitative estimate of drug-likeness (QED) is 0.257. The molecule has 0 aromatic heterocycles. The molecule has 1 unspecified atom stereocenters. The van der Waals surface area contributed by atoms with Crippen molar-refractivity contribution in [1.29, 1.82) is 0 Å². The highest BCUT2D eigenvalue weighted by Crippen LogP contribution is 2.10. The summed E-state index contributed by atoms with van der Waals surface area (Å²) in [5.74, 6) is -0.277. The normalized spacial score (nSPS) is 14.9. The van der Waals surface area contributed by atoms with Crippen LogP contribution in [0.5, 0.6) is 0 Å². The Balaban J connectivity index is 4.21. The summed E-state index contributed by atoms with van der Waals surface area (Å²) in [5.41, 5.74) is 0. The van der Waals surface area contributed by atoms with Gasteiger partial charge in [0.1, 0.15) is 6.54 Å². The first kappa shape index (κ1) is 21.8. The number of unbranched alkanes of at least 4 members (excludes halogenated alkanes) is 3.